The van der Waals surface area contributed by atoms with E-state index in [1.165, 1.54) is 24.3 Å². The summed E-state index contributed by atoms with van der Waals surface area (Å²) < 4.78 is 0. The van der Waals surface area contributed by atoms with E-state index in [2.05, 4.69) is 10.6 Å². The number of hydrogen-bond acceptors (Lipinski definition) is 4. The van der Waals surface area contributed by atoms with Crippen LogP contribution in [-0.2, 0) is 4.79 Å². The van der Waals surface area contributed by atoms with Crippen molar-refractivity contribution in [1.82, 2.24) is 0 Å². The lowest BCUT2D eigenvalue weighted by Gasteiger charge is -2.08. The molecular weight excluding hydrogens is 310 g/mol. The third-order valence-electron chi connectivity index (χ3n) is 3.66. The number of non-ortho nitro benzene ring substituents is 1. The van der Waals surface area contributed by atoms with Crippen molar-refractivity contribution in [3.05, 3.63) is 64.2 Å². The molecule has 1 aliphatic carbocycles. The third kappa shape index (κ3) is 3.75. The van der Waals surface area contributed by atoms with Gasteiger partial charge in [0.25, 0.3) is 11.6 Å². The molecule has 0 aliphatic heterocycles. The number of hydrogen-bond donors (Lipinski definition) is 2. The minimum absolute atomic E-state index is 0.0165. The van der Waals surface area contributed by atoms with Crippen LogP contribution in [-0.4, -0.2) is 16.7 Å². The van der Waals surface area contributed by atoms with Crippen LogP contribution in [0, 0.1) is 16.0 Å². The first-order valence-corrected chi connectivity index (χ1v) is 7.49. The summed E-state index contributed by atoms with van der Waals surface area (Å²) in [6.45, 7) is 0. The Bertz CT molecular complexity index is 815. The molecule has 3 rings (SSSR count). The van der Waals surface area contributed by atoms with Crippen molar-refractivity contribution in [3.8, 4) is 0 Å². The van der Waals surface area contributed by atoms with Crippen molar-refractivity contribution < 1.29 is 14.5 Å². The predicted molar refractivity (Wildman–Crippen MR) is 88.8 cm³/mol. The second-order valence-electron chi connectivity index (χ2n) is 5.61. The summed E-state index contributed by atoms with van der Waals surface area (Å²) in [5.74, 6) is -0.380. The molecule has 7 heteroatoms. The van der Waals surface area contributed by atoms with E-state index in [4.69, 9.17) is 0 Å². The fourth-order valence-corrected chi connectivity index (χ4v) is 2.23. The summed E-state index contributed by atoms with van der Waals surface area (Å²) in [7, 11) is 0. The molecule has 0 atom stereocenters. The van der Waals surface area contributed by atoms with Crippen LogP contribution in [0.25, 0.3) is 0 Å². The molecule has 0 spiro atoms. The van der Waals surface area contributed by atoms with Crippen molar-refractivity contribution in [2.75, 3.05) is 10.6 Å². The zero-order chi connectivity index (χ0) is 17.1. The Morgan fingerprint density at radius 1 is 1.00 bits per heavy atom. The van der Waals surface area contributed by atoms with Gasteiger partial charge in [0.05, 0.1) is 4.92 Å². The van der Waals surface area contributed by atoms with Gasteiger partial charge in [-0.1, -0.05) is 12.1 Å². The number of amides is 2. The molecule has 7 nitrogen and oxygen atoms in total. The van der Waals surface area contributed by atoms with E-state index in [0.717, 1.165) is 12.8 Å². The van der Waals surface area contributed by atoms with Crippen LogP contribution in [0.5, 0.6) is 0 Å². The monoisotopic (exact) mass is 325 g/mol. The highest BCUT2D eigenvalue weighted by Gasteiger charge is 2.29. The maximum Gasteiger partial charge on any atom is 0.270 e. The predicted octanol–water partition coefficient (Wildman–Crippen LogP) is 3.20. The molecule has 1 saturated carbocycles. The summed E-state index contributed by atoms with van der Waals surface area (Å²) in [5, 5.41) is 16.2. The Labute approximate surface area is 137 Å². The highest BCUT2D eigenvalue weighted by Crippen LogP contribution is 2.30. The number of carbonyl (C=O) groups excluding carboxylic acids is 2. The molecule has 2 aromatic rings. The Hall–Kier alpha value is -3.22. The maximum absolute atomic E-state index is 12.2. The highest BCUT2D eigenvalue weighted by molar-refractivity contribution is 6.05. The molecule has 0 radical (unpaired) electrons. The van der Waals surface area contributed by atoms with Crippen LogP contribution in [0.3, 0.4) is 0 Å². The van der Waals surface area contributed by atoms with Gasteiger partial charge in [0.2, 0.25) is 5.91 Å². The van der Waals surface area contributed by atoms with Gasteiger partial charge in [-0.15, -0.1) is 0 Å². The van der Waals surface area contributed by atoms with Crippen LogP contribution in [0.1, 0.15) is 23.2 Å². The van der Waals surface area contributed by atoms with E-state index in [1.807, 2.05) is 0 Å². The van der Waals surface area contributed by atoms with Crippen LogP contribution in [0.2, 0.25) is 0 Å². The molecule has 0 saturated heterocycles. The lowest BCUT2D eigenvalue weighted by atomic mass is 10.2. The topological polar surface area (TPSA) is 101 Å². The van der Waals surface area contributed by atoms with Gasteiger partial charge in [-0.05, 0) is 37.1 Å². The number of nitro groups is 1. The van der Waals surface area contributed by atoms with Gasteiger partial charge in [0, 0.05) is 35.0 Å². The number of nitro benzene ring substituents is 1. The Morgan fingerprint density at radius 3 is 2.33 bits per heavy atom. The van der Waals surface area contributed by atoms with Gasteiger partial charge >= 0.3 is 0 Å². The van der Waals surface area contributed by atoms with Crippen molar-refractivity contribution in [1.29, 1.82) is 0 Å². The fraction of sp³-hybridized carbons (Fsp3) is 0.176. The van der Waals surface area contributed by atoms with Crippen LogP contribution < -0.4 is 10.6 Å². The van der Waals surface area contributed by atoms with Gasteiger partial charge in [-0.25, -0.2) is 0 Å². The lowest BCUT2D eigenvalue weighted by Crippen LogP contribution is -2.14. The molecule has 2 N–H and O–H groups in total. The first-order chi connectivity index (χ1) is 11.5. The number of benzene rings is 2. The van der Waals surface area contributed by atoms with Gasteiger partial charge in [0.1, 0.15) is 0 Å². The van der Waals surface area contributed by atoms with E-state index in [0.29, 0.717) is 11.4 Å². The number of rotatable bonds is 5. The van der Waals surface area contributed by atoms with Gasteiger partial charge in [-0.2, -0.15) is 0 Å². The molecule has 0 bridgehead atoms. The van der Waals surface area contributed by atoms with E-state index >= 15 is 0 Å². The number of anilines is 2. The molecule has 1 fully saturated rings. The smallest absolute Gasteiger partial charge is 0.270 e. The zero-order valence-electron chi connectivity index (χ0n) is 12.7. The van der Waals surface area contributed by atoms with Crippen LogP contribution >= 0.6 is 0 Å². The van der Waals surface area contributed by atoms with Crippen molar-refractivity contribution in [2.45, 2.75) is 12.8 Å². The second-order valence-corrected chi connectivity index (χ2v) is 5.61. The van der Waals surface area contributed by atoms with E-state index < -0.39 is 10.8 Å². The first-order valence-electron chi connectivity index (χ1n) is 7.49. The Morgan fingerprint density at radius 2 is 1.67 bits per heavy atom. The molecule has 2 amide bonds. The quantitative estimate of drug-likeness (QED) is 0.651. The summed E-state index contributed by atoms with van der Waals surface area (Å²) in [4.78, 5) is 34.2. The standard InChI is InChI=1S/C17H15N3O4/c21-16(11-7-8-11)18-13-4-2-5-14(10-13)19-17(22)12-3-1-6-15(9-12)20(23)24/h1-6,9-11H,7-8H2,(H,18,21)(H,19,22). The number of nitrogens with one attached hydrogen (secondary N) is 2. The molecule has 24 heavy (non-hydrogen) atoms. The minimum atomic E-state index is -0.551. The summed E-state index contributed by atoms with van der Waals surface area (Å²) in [6, 6.07) is 12.3. The Balaban J connectivity index is 1.71. The van der Waals surface area contributed by atoms with Crippen LogP contribution in [0.4, 0.5) is 17.1 Å². The average molecular weight is 325 g/mol. The minimum Gasteiger partial charge on any atom is -0.326 e. The van der Waals surface area contributed by atoms with Crippen molar-refractivity contribution in [2.24, 2.45) is 5.92 Å². The third-order valence-corrected chi connectivity index (χ3v) is 3.66. The normalized spacial score (nSPS) is 13.2. The van der Waals surface area contributed by atoms with E-state index in [9.17, 15) is 19.7 Å². The van der Waals surface area contributed by atoms with Gasteiger partial charge < -0.3 is 10.6 Å². The van der Waals surface area contributed by atoms with Crippen molar-refractivity contribution >= 4 is 28.9 Å². The largest absolute Gasteiger partial charge is 0.326 e. The van der Waals surface area contributed by atoms with Gasteiger partial charge in [-0.3, -0.25) is 19.7 Å². The van der Waals surface area contributed by atoms with E-state index in [1.54, 1.807) is 24.3 Å². The summed E-state index contributed by atoms with van der Waals surface area (Å²) >= 11 is 0. The second kappa shape index (κ2) is 6.49. The lowest BCUT2D eigenvalue weighted by molar-refractivity contribution is -0.384. The fourth-order valence-electron chi connectivity index (χ4n) is 2.23. The molecule has 0 unspecified atom stereocenters. The highest BCUT2D eigenvalue weighted by atomic mass is 16.6. The SMILES string of the molecule is O=C(Nc1cccc(NC(=O)C2CC2)c1)c1cccc([N+](=O)[O-])c1. The zero-order valence-corrected chi connectivity index (χ0v) is 12.7. The maximum atomic E-state index is 12.2. The molecule has 2 aromatic carbocycles. The molecular formula is C17H15N3O4. The van der Waals surface area contributed by atoms with E-state index in [-0.39, 0.29) is 23.1 Å². The molecule has 0 heterocycles. The number of carbonyl (C=O) groups is 2. The Kier molecular flexibility index (Phi) is 4.24. The number of nitrogens with zero attached hydrogens (tertiary/aromatic N) is 1. The first kappa shape index (κ1) is 15.7. The summed E-state index contributed by atoms with van der Waals surface area (Å²) in [6.07, 6.45) is 1.82. The molecule has 0 aromatic heterocycles. The molecule has 122 valence electrons. The summed E-state index contributed by atoms with van der Waals surface area (Å²) in [5.41, 5.74) is 1.15. The van der Waals surface area contributed by atoms with Crippen molar-refractivity contribution in [3.63, 3.8) is 0 Å². The molecule has 1 aliphatic rings. The van der Waals surface area contributed by atoms with Gasteiger partial charge in [0.15, 0.2) is 0 Å². The van der Waals surface area contributed by atoms with Crippen LogP contribution in [0.15, 0.2) is 48.5 Å². The average Bonchev–Trinajstić information content (AvgIpc) is 3.40.